The van der Waals surface area contributed by atoms with Gasteiger partial charge in [-0.25, -0.2) is 0 Å². The second-order valence-corrected chi connectivity index (χ2v) is 0. The standard InChI is InChI=1S/2Ca.Mg.Mn.6H/q3*+2;;6*-1. The van der Waals surface area contributed by atoms with Crippen LogP contribution in [0.25, 0.3) is 0 Å². The molecule has 0 aromatic rings. The summed E-state index contributed by atoms with van der Waals surface area (Å²) in [6.45, 7) is 0. The predicted molar refractivity (Wildman–Crippen MR) is 23.9 cm³/mol. The van der Waals surface area contributed by atoms with E-state index in [1.807, 2.05) is 0 Å². The van der Waals surface area contributed by atoms with Gasteiger partial charge in [0.05, 0.1) is 0 Å². The van der Waals surface area contributed by atoms with Crippen LogP contribution < -0.4 is 0 Å². The first-order valence-electron chi connectivity index (χ1n) is 0. The second-order valence-electron chi connectivity index (χ2n) is 0. The van der Waals surface area contributed by atoms with E-state index in [4.69, 9.17) is 0 Å². The van der Waals surface area contributed by atoms with E-state index in [0.717, 1.165) is 0 Å². The topological polar surface area (TPSA) is 0 Å². The van der Waals surface area contributed by atoms with E-state index in [1.165, 1.54) is 0 Å². The summed E-state index contributed by atoms with van der Waals surface area (Å²) in [5.74, 6) is 0. The van der Waals surface area contributed by atoms with Gasteiger partial charge in [-0.3, -0.25) is 0 Å². The third kappa shape index (κ3) is 9.26. The van der Waals surface area contributed by atoms with Gasteiger partial charge >= 0.3 is 98.5 Å². The van der Waals surface area contributed by atoms with Gasteiger partial charge < -0.3 is 8.56 Å². The Morgan fingerprint density at radius 1 is 1.00 bits per heavy atom. The van der Waals surface area contributed by atoms with E-state index in [-0.39, 0.29) is 124 Å². The van der Waals surface area contributed by atoms with Crippen LogP contribution >= 0.6 is 0 Å². The molecule has 0 aliphatic carbocycles. The summed E-state index contributed by atoms with van der Waals surface area (Å²) in [5.41, 5.74) is 0. The Morgan fingerprint density at radius 3 is 1.00 bits per heavy atom. The SMILES string of the molecule is [Ca+2].[Ca+2].[H-].[H-].[H-].[H-].[H-].[H-].[Mg+2].[Mn]. The first-order valence-corrected chi connectivity index (χ1v) is 0. The van der Waals surface area contributed by atoms with Gasteiger partial charge in [0, 0.05) is 17.1 Å². The van der Waals surface area contributed by atoms with E-state index >= 15 is 0 Å². The van der Waals surface area contributed by atoms with Crippen molar-refractivity contribution in [3.63, 3.8) is 0 Å². The van der Waals surface area contributed by atoms with Crippen LogP contribution in [0.3, 0.4) is 0 Å². The molecule has 1 radical (unpaired) electrons. The van der Waals surface area contributed by atoms with E-state index in [9.17, 15) is 0 Å². The molecule has 0 spiro atoms. The van der Waals surface area contributed by atoms with Crippen molar-refractivity contribution in [1.82, 2.24) is 0 Å². The molecule has 0 rings (SSSR count). The monoisotopic (exact) mass is 165 g/mol. The fourth-order valence-corrected chi connectivity index (χ4v) is 0. The van der Waals surface area contributed by atoms with Crippen LogP contribution in [0.1, 0.15) is 8.56 Å². The smallest absolute Gasteiger partial charge is 1.00 e. The van der Waals surface area contributed by atoms with Crippen molar-refractivity contribution < 1.29 is 25.6 Å². The largest absolute Gasteiger partial charge is 2.00 e. The van der Waals surface area contributed by atoms with Crippen LogP contribution in [0.15, 0.2) is 0 Å². The summed E-state index contributed by atoms with van der Waals surface area (Å²) in [4.78, 5) is 0. The van der Waals surface area contributed by atoms with Crippen LogP contribution in [-0.4, -0.2) is 98.5 Å². The van der Waals surface area contributed by atoms with Crippen molar-refractivity contribution in [2.24, 2.45) is 0 Å². The Bertz CT molecular complexity index is 15.7. The minimum Gasteiger partial charge on any atom is -1.00 e. The van der Waals surface area contributed by atoms with Gasteiger partial charge in [0.2, 0.25) is 0 Å². The average Bonchev–Trinajstić information content (AvgIpc) is 0. The fourth-order valence-electron chi connectivity index (χ4n) is 0. The van der Waals surface area contributed by atoms with Crippen molar-refractivity contribution in [3.05, 3.63) is 0 Å². The van der Waals surface area contributed by atoms with Crippen molar-refractivity contribution in [1.29, 1.82) is 0 Å². The van der Waals surface area contributed by atoms with E-state index in [1.54, 1.807) is 0 Å². The molecule has 19 valence electrons. The predicted octanol–water partition coefficient (Wildman–Crippen LogP) is -0.470. The number of hydrogen-bond donors (Lipinski definition) is 0. The third-order valence-electron chi connectivity index (χ3n) is 0. The minimum absolute atomic E-state index is 0. The molecule has 0 amide bonds. The molecule has 0 saturated heterocycles. The molecule has 0 nitrogen and oxygen atoms in total. The van der Waals surface area contributed by atoms with E-state index < -0.39 is 0 Å². The molecular weight excluding hydrogens is 159 g/mol. The third-order valence-corrected chi connectivity index (χ3v) is 0. The molecule has 4 heavy (non-hydrogen) atoms. The van der Waals surface area contributed by atoms with Crippen LogP contribution in [0.2, 0.25) is 0 Å². The molecule has 0 heterocycles. The zero-order chi connectivity index (χ0) is 0. The Morgan fingerprint density at radius 2 is 1.00 bits per heavy atom. The maximum absolute atomic E-state index is 0. The fraction of sp³-hybridized carbons (Fsp3) is 0. The summed E-state index contributed by atoms with van der Waals surface area (Å²) >= 11 is 0. The molecule has 0 saturated carbocycles. The molecule has 0 fully saturated rings. The molecule has 0 bridgehead atoms. The van der Waals surface area contributed by atoms with Crippen molar-refractivity contribution in [3.8, 4) is 0 Å². The van der Waals surface area contributed by atoms with Crippen LogP contribution in [0, 0.1) is 0 Å². The zero-order valence-corrected chi connectivity index (χ0v) is 9.51. The summed E-state index contributed by atoms with van der Waals surface area (Å²) < 4.78 is 0. The molecular formula is H6Ca2MgMn. The molecule has 0 aromatic carbocycles. The van der Waals surface area contributed by atoms with Gasteiger partial charge in [0.15, 0.2) is 0 Å². The van der Waals surface area contributed by atoms with Crippen molar-refractivity contribution >= 4 is 98.5 Å². The van der Waals surface area contributed by atoms with Crippen LogP contribution in [-0.2, 0) is 17.1 Å². The molecule has 0 atom stereocenters. The number of hydrogen-bond acceptors (Lipinski definition) is 0. The van der Waals surface area contributed by atoms with Crippen LogP contribution in [0.5, 0.6) is 0 Å². The molecule has 4 heteroatoms. The van der Waals surface area contributed by atoms with Crippen molar-refractivity contribution in [2.45, 2.75) is 0 Å². The Hall–Kier alpha value is 3.81. The Kier molecular flexibility index (Phi) is 98.8. The zero-order valence-electron chi connectivity index (χ0n) is 8.50. The summed E-state index contributed by atoms with van der Waals surface area (Å²) in [6, 6.07) is 0. The molecule has 0 unspecified atom stereocenters. The van der Waals surface area contributed by atoms with Gasteiger partial charge in [-0.05, 0) is 0 Å². The summed E-state index contributed by atoms with van der Waals surface area (Å²) in [5, 5.41) is 0. The van der Waals surface area contributed by atoms with E-state index in [0.29, 0.717) is 0 Å². The molecule has 0 aliphatic heterocycles. The second kappa shape index (κ2) is 15.8. The number of rotatable bonds is 0. The van der Waals surface area contributed by atoms with Gasteiger partial charge in [-0.1, -0.05) is 0 Å². The maximum atomic E-state index is 0. The quantitative estimate of drug-likeness (QED) is 0.426. The van der Waals surface area contributed by atoms with Crippen molar-refractivity contribution in [2.75, 3.05) is 0 Å². The first kappa shape index (κ1) is 25.0. The van der Waals surface area contributed by atoms with Gasteiger partial charge in [-0.15, -0.1) is 0 Å². The normalized spacial score (nSPS) is 0. The van der Waals surface area contributed by atoms with Gasteiger partial charge in [0.1, 0.15) is 0 Å². The summed E-state index contributed by atoms with van der Waals surface area (Å²) in [7, 11) is 0. The molecule has 0 aliphatic rings. The minimum atomic E-state index is 0. The first-order chi connectivity index (χ1) is 0. The average molecular weight is 165 g/mol. The molecule has 0 N–H and O–H groups in total. The van der Waals surface area contributed by atoms with Crippen LogP contribution in [0.4, 0.5) is 0 Å². The maximum Gasteiger partial charge on any atom is 2.00 e. The van der Waals surface area contributed by atoms with Gasteiger partial charge in [0.25, 0.3) is 0 Å². The molecule has 0 aromatic heterocycles. The van der Waals surface area contributed by atoms with Gasteiger partial charge in [-0.2, -0.15) is 0 Å². The van der Waals surface area contributed by atoms with E-state index in [2.05, 4.69) is 0 Å². The Labute approximate surface area is 121 Å². The summed E-state index contributed by atoms with van der Waals surface area (Å²) in [6.07, 6.45) is 0. The Balaban J connectivity index is 0.